The first kappa shape index (κ1) is 37.2. The number of hydrogen-bond acceptors (Lipinski definition) is 11. The lowest BCUT2D eigenvalue weighted by Gasteiger charge is -2.58. The third-order valence-electron chi connectivity index (χ3n) is 13.3. The fourth-order valence-electron chi connectivity index (χ4n) is 10.6. The van der Waals surface area contributed by atoms with E-state index in [1.807, 2.05) is 4.90 Å². The van der Waals surface area contributed by atoms with Crippen LogP contribution in [-0.2, 0) is 9.47 Å². The van der Waals surface area contributed by atoms with E-state index in [1.54, 1.807) is 6.92 Å². The molecule has 2 aromatic heterocycles. The monoisotopic (exact) mass is 769 g/mol. The summed E-state index contributed by atoms with van der Waals surface area (Å²) in [5, 5.41) is 22.8. The molecule has 9 rings (SSSR count). The summed E-state index contributed by atoms with van der Waals surface area (Å²) in [6.45, 7) is 5.74. The van der Waals surface area contributed by atoms with Crippen molar-refractivity contribution >= 4 is 27.5 Å². The van der Waals surface area contributed by atoms with Gasteiger partial charge in [-0.05, 0) is 93.8 Å². The van der Waals surface area contributed by atoms with Gasteiger partial charge in [-0.15, -0.1) is 6.42 Å². The van der Waals surface area contributed by atoms with Crippen LogP contribution in [0.5, 0.6) is 17.6 Å². The maximum atomic E-state index is 17.4. The Kier molecular flexibility index (Phi) is 9.47. The van der Waals surface area contributed by atoms with Crippen molar-refractivity contribution in [3.8, 4) is 41.2 Å². The highest BCUT2D eigenvalue weighted by molar-refractivity contribution is 6.04. The fraction of sp³-hybridized carbons (Fsp3) is 0.558. The molecular formula is C43H49F2N5O6. The molecule has 2 saturated carbocycles. The van der Waals surface area contributed by atoms with Gasteiger partial charge < -0.3 is 34.1 Å². The van der Waals surface area contributed by atoms with Gasteiger partial charge in [-0.1, -0.05) is 18.4 Å². The molecule has 0 amide bonds. The Morgan fingerprint density at radius 3 is 2.59 bits per heavy atom. The number of likely N-dealkylation sites (tertiary alicyclic amines) is 1. The maximum absolute atomic E-state index is 17.4. The number of rotatable bonds is 7. The van der Waals surface area contributed by atoms with Gasteiger partial charge in [0.25, 0.3) is 0 Å². The number of pyridine rings is 1. The summed E-state index contributed by atoms with van der Waals surface area (Å²) < 4.78 is 56.4. The minimum absolute atomic E-state index is 0.00177. The lowest BCUT2D eigenvalue weighted by Crippen LogP contribution is -2.61. The van der Waals surface area contributed by atoms with E-state index in [1.165, 1.54) is 44.2 Å². The Bertz CT molecular complexity index is 2220. The smallest absolute Gasteiger partial charge is 0.319 e. The van der Waals surface area contributed by atoms with E-state index < -0.39 is 17.2 Å². The fourth-order valence-corrected chi connectivity index (χ4v) is 10.6. The number of phenols is 1. The third kappa shape index (κ3) is 6.39. The number of ether oxygens (including phenoxy) is 4. The number of benzene rings is 2. The van der Waals surface area contributed by atoms with Gasteiger partial charge in [0, 0.05) is 48.2 Å². The number of anilines is 1. The average Bonchev–Trinajstić information content (AvgIpc) is 3.53. The first-order valence-electron chi connectivity index (χ1n) is 19.9. The zero-order valence-electron chi connectivity index (χ0n) is 32.1. The number of phenolic OH excluding ortho intramolecular Hbond substituents is 1. The number of methoxy groups -OCH3 is 1. The molecule has 13 heteroatoms. The lowest BCUT2D eigenvalue weighted by molar-refractivity contribution is -0.112. The first-order chi connectivity index (χ1) is 27.0. The highest BCUT2D eigenvalue weighted by atomic mass is 19.1. The second kappa shape index (κ2) is 14.2. The van der Waals surface area contributed by atoms with Crippen molar-refractivity contribution in [3.05, 3.63) is 41.5 Å². The van der Waals surface area contributed by atoms with Crippen LogP contribution in [0.3, 0.4) is 0 Å². The molecular weight excluding hydrogens is 720 g/mol. The topological polar surface area (TPSA) is 123 Å². The molecule has 3 atom stereocenters. The van der Waals surface area contributed by atoms with Crippen LogP contribution in [0.2, 0.25) is 0 Å². The van der Waals surface area contributed by atoms with Crippen molar-refractivity contribution in [2.75, 3.05) is 64.7 Å². The third-order valence-corrected chi connectivity index (χ3v) is 13.3. The summed E-state index contributed by atoms with van der Waals surface area (Å²) in [6.07, 6.45) is 15.9. The molecule has 1 spiro atoms. The highest BCUT2D eigenvalue weighted by Gasteiger charge is 2.55. The van der Waals surface area contributed by atoms with Crippen molar-refractivity contribution in [2.45, 2.75) is 82.4 Å². The molecule has 5 heterocycles. The van der Waals surface area contributed by atoms with Crippen LogP contribution >= 0.6 is 0 Å². The van der Waals surface area contributed by atoms with E-state index in [0.717, 1.165) is 64.7 Å². The normalized spacial score (nSPS) is 26.9. The summed E-state index contributed by atoms with van der Waals surface area (Å²) in [4.78, 5) is 18.8. The number of aliphatic hydroxyl groups is 1. The van der Waals surface area contributed by atoms with Gasteiger partial charge in [-0.2, -0.15) is 9.97 Å². The van der Waals surface area contributed by atoms with Crippen LogP contribution in [0, 0.1) is 34.8 Å². The van der Waals surface area contributed by atoms with Crippen molar-refractivity contribution in [2.24, 2.45) is 10.8 Å². The van der Waals surface area contributed by atoms with Gasteiger partial charge in [0.05, 0.1) is 39.0 Å². The molecule has 0 radical (unpaired) electrons. The molecule has 2 N–H and O–H groups in total. The molecule has 3 unspecified atom stereocenters. The Hall–Kier alpha value is -4.35. The molecule has 56 heavy (non-hydrogen) atoms. The van der Waals surface area contributed by atoms with Crippen LogP contribution in [0.25, 0.3) is 32.9 Å². The Labute approximate surface area is 325 Å². The number of piperidine rings is 1. The van der Waals surface area contributed by atoms with Gasteiger partial charge in [-0.25, -0.2) is 13.8 Å². The molecule has 3 saturated heterocycles. The predicted molar refractivity (Wildman–Crippen MR) is 207 cm³/mol. The van der Waals surface area contributed by atoms with E-state index in [9.17, 15) is 10.2 Å². The Morgan fingerprint density at radius 2 is 1.80 bits per heavy atom. The summed E-state index contributed by atoms with van der Waals surface area (Å²) >= 11 is 0. The first-order valence-corrected chi connectivity index (χ1v) is 19.9. The molecule has 5 aliphatic rings. The minimum atomic E-state index is -1.24. The van der Waals surface area contributed by atoms with Crippen molar-refractivity contribution in [1.29, 1.82) is 0 Å². The van der Waals surface area contributed by atoms with E-state index in [0.29, 0.717) is 42.6 Å². The summed E-state index contributed by atoms with van der Waals surface area (Å²) in [5.41, 5.74) is -1.28. The van der Waals surface area contributed by atoms with Gasteiger partial charge in [0.2, 0.25) is 5.88 Å². The number of terminal acetylenes is 1. The second-order valence-electron chi connectivity index (χ2n) is 17.0. The Balaban J connectivity index is 1.13. The van der Waals surface area contributed by atoms with Gasteiger partial charge in [0.15, 0.2) is 5.82 Å². The number of nitrogens with zero attached hydrogens (tertiary/aromatic N) is 5. The second-order valence-corrected chi connectivity index (χ2v) is 17.0. The van der Waals surface area contributed by atoms with Crippen LogP contribution in [0.15, 0.2) is 24.3 Å². The van der Waals surface area contributed by atoms with Gasteiger partial charge in [0.1, 0.15) is 39.6 Å². The number of hydrogen-bond donors (Lipinski definition) is 2. The molecule has 3 aliphatic heterocycles. The molecule has 2 aliphatic carbocycles. The molecule has 0 bridgehead atoms. The number of aromatic hydroxyl groups is 1. The SMILES string of the molecule is C#Cc1c(F)ccc2cc(O)cc(-c3nc(OC)c4c(N5CCOCC(C)(O)C5)nc(OCC56CCCC5N(C5CC7(CCOCC7)C5)CCC6)nc4c3F)c12. The number of fused-ring (bicyclic) bond motifs is 3. The van der Waals surface area contributed by atoms with Crippen LogP contribution in [-0.4, -0.2) is 108 Å². The Morgan fingerprint density at radius 1 is 1.00 bits per heavy atom. The molecule has 2 aromatic carbocycles. The standard InChI is InChI=1S/C43H49F2N5O6/c1-4-29-31(44)9-8-26-19-28(51)20-30(33(26)29)36-35(45)37-34(39(46-36)53-3)38(49-15-18-55-24-41(2,52)23-49)48-40(47-37)56-25-43-10-5-7-32(43)50(14-6-11-43)27-21-42(22-27)12-16-54-17-13-42/h1,8-9,19-20,27,32,51-52H,5-7,10-18,21-25H2,2-3H3. The summed E-state index contributed by atoms with van der Waals surface area (Å²) in [6, 6.07) is 6.38. The molecule has 11 nitrogen and oxygen atoms in total. The van der Waals surface area contributed by atoms with E-state index in [4.69, 9.17) is 35.3 Å². The molecule has 5 fully saturated rings. The molecule has 296 valence electrons. The zero-order valence-corrected chi connectivity index (χ0v) is 32.1. The van der Waals surface area contributed by atoms with Crippen molar-refractivity contribution in [1.82, 2.24) is 19.9 Å². The van der Waals surface area contributed by atoms with Crippen LogP contribution in [0.4, 0.5) is 14.6 Å². The number of halogens is 2. The van der Waals surface area contributed by atoms with Gasteiger partial charge >= 0.3 is 6.01 Å². The average molecular weight is 770 g/mol. The highest BCUT2D eigenvalue weighted by Crippen LogP contribution is 2.56. The number of aromatic nitrogens is 3. The summed E-state index contributed by atoms with van der Waals surface area (Å²) in [5.74, 6) is 0.976. The van der Waals surface area contributed by atoms with Crippen LogP contribution < -0.4 is 14.4 Å². The molecule has 4 aromatic rings. The van der Waals surface area contributed by atoms with Crippen molar-refractivity contribution in [3.63, 3.8) is 0 Å². The maximum Gasteiger partial charge on any atom is 0.319 e. The summed E-state index contributed by atoms with van der Waals surface area (Å²) in [7, 11) is 1.41. The largest absolute Gasteiger partial charge is 0.508 e. The van der Waals surface area contributed by atoms with E-state index >= 15 is 8.78 Å². The number of β-amino-alcohol motifs (C(OH)–C–C–N with tert-alkyl or cyclic N) is 1. The predicted octanol–water partition coefficient (Wildman–Crippen LogP) is 6.38. The van der Waals surface area contributed by atoms with Crippen LogP contribution in [0.1, 0.15) is 70.3 Å². The van der Waals surface area contributed by atoms with Gasteiger partial charge in [-0.3, -0.25) is 4.90 Å². The lowest BCUT2D eigenvalue weighted by atomic mass is 9.60. The van der Waals surface area contributed by atoms with E-state index in [-0.39, 0.29) is 75.1 Å². The minimum Gasteiger partial charge on any atom is -0.508 e. The van der Waals surface area contributed by atoms with E-state index in [2.05, 4.69) is 15.8 Å². The zero-order chi connectivity index (χ0) is 38.8. The van der Waals surface area contributed by atoms with Crippen molar-refractivity contribution < 1.29 is 37.9 Å². The quantitative estimate of drug-likeness (QED) is 0.204.